The first-order valence-corrected chi connectivity index (χ1v) is 6.83. The first-order valence-electron chi connectivity index (χ1n) is 6.83. The van der Waals surface area contributed by atoms with E-state index < -0.39 is 0 Å². The number of aryl methyl sites for hydroxylation is 1. The lowest BCUT2D eigenvalue weighted by Crippen LogP contribution is -2.51. The Balaban J connectivity index is 2.26. The maximum absolute atomic E-state index is 13.4. The van der Waals surface area contributed by atoms with Gasteiger partial charge >= 0.3 is 0 Å². The summed E-state index contributed by atoms with van der Waals surface area (Å²) in [6.45, 7) is 4.42. The number of carbonyl (C=O) groups excluding carboxylic acids is 1. The summed E-state index contributed by atoms with van der Waals surface area (Å²) in [5.41, 5.74) is 7.15. The van der Waals surface area contributed by atoms with Crippen molar-refractivity contribution in [3.63, 3.8) is 0 Å². The second kappa shape index (κ2) is 5.70. The molecule has 1 aliphatic heterocycles. The Bertz CT molecular complexity index is 453. The minimum atomic E-state index is -0.363. The molecule has 104 valence electrons. The smallest absolute Gasteiger partial charge is 0.254 e. The third kappa shape index (κ3) is 3.13. The number of hydrogen-bond acceptors (Lipinski definition) is 2. The number of benzene rings is 1. The lowest BCUT2D eigenvalue weighted by atomic mass is 9.96. The molecule has 1 aromatic rings. The quantitative estimate of drug-likeness (QED) is 0.892. The van der Waals surface area contributed by atoms with Gasteiger partial charge in [0.1, 0.15) is 5.82 Å². The van der Waals surface area contributed by atoms with Gasteiger partial charge in [-0.2, -0.15) is 0 Å². The van der Waals surface area contributed by atoms with Gasteiger partial charge in [-0.05, 0) is 56.9 Å². The van der Waals surface area contributed by atoms with E-state index in [4.69, 9.17) is 5.73 Å². The molecule has 0 radical (unpaired) electrons. The highest BCUT2D eigenvalue weighted by atomic mass is 19.1. The van der Waals surface area contributed by atoms with E-state index in [1.165, 1.54) is 12.1 Å². The summed E-state index contributed by atoms with van der Waals surface area (Å²) in [4.78, 5) is 14.3. The molecule has 19 heavy (non-hydrogen) atoms. The largest absolute Gasteiger partial charge is 0.334 e. The van der Waals surface area contributed by atoms with Crippen molar-refractivity contribution < 1.29 is 9.18 Å². The Hall–Kier alpha value is -1.42. The molecule has 2 atom stereocenters. The van der Waals surface area contributed by atoms with Gasteiger partial charge in [-0.1, -0.05) is 0 Å². The molecule has 4 heteroatoms. The number of hydrogen-bond donors (Lipinski definition) is 1. The zero-order valence-electron chi connectivity index (χ0n) is 11.5. The number of likely N-dealkylation sites (tertiary alicyclic amines) is 1. The van der Waals surface area contributed by atoms with Gasteiger partial charge in [-0.3, -0.25) is 4.79 Å². The summed E-state index contributed by atoms with van der Waals surface area (Å²) in [6.07, 6.45) is 3.01. The highest BCUT2D eigenvalue weighted by molar-refractivity contribution is 5.94. The molecular formula is C15H21FN2O. The van der Waals surface area contributed by atoms with Gasteiger partial charge in [-0.15, -0.1) is 0 Å². The number of halogens is 1. The highest BCUT2D eigenvalue weighted by Gasteiger charge is 2.29. The summed E-state index contributed by atoms with van der Waals surface area (Å²) >= 11 is 0. The third-order valence-corrected chi connectivity index (χ3v) is 3.71. The van der Waals surface area contributed by atoms with Crippen LogP contribution < -0.4 is 5.73 Å². The average Bonchev–Trinajstić information content (AvgIpc) is 2.36. The third-order valence-electron chi connectivity index (χ3n) is 3.71. The molecule has 1 fully saturated rings. The topological polar surface area (TPSA) is 46.3 Å². The number of carbonyl (C=O) groups is 1. The van der Waals surface area contributed by atoms with Gasteiger partial charge in [-0.25, -0.2) is 4.39 Å². The van der Waals surface area contributed by atoms with Gasteiger partial charge in [0.15, 0.2) is 0 Å². The highest BCUT2D eigenvalue weighted by Crippen LogP contribution is 2.22. The van der Waals surface area contributed by atoms with E-state index >= 15 is 0 Å². The standard InChI is InChI=1S/C15H21FN2O/c1-10-7-12(9-13(16)8-10)15(19)18-6-4-3-5-14(18)11(2)17/h7-9,11,14H,3-6,17H2,1-2H3. The SMILES string of the molecule is Cc1cc(F)cc(C(=O)N2CCCCC2C(C)N)c1. The van der Waals surface area contributed by atoms with Crippen LogP contribution in [0.4, 0.5) is 4.39 Å². The Kier molecular flexibility index (Phi) is 4.20. The number of rotatable bonds is 2. The average molecular weight is 264 g/mol. The molecule has 0 aromatic heterocycles. The molecule has 1 aromatic carbocycles. The van der Waals surface area contributed by atoms with E-state index in [-0.39, 0.29) is 23.8 Å². The predicted octanol–water partition coefficient (Wildman–Crippen LogP) is 2.48. The monoisotopic (exact) mass is 264 g/mol. The number of piperidine rings is 1. The van der Waals surface area contributed by atoms with Crippen LogP contribution in [-0.4, -0.2) is 29.4 Å². The van der Waals surface area contributed by atoms with Crippen molar-refractivity contribution in [3.05, 3.63) is 35.1 Å². The fraction of sp³-hybridized carbons (Fsp3) is 0.533. The molecule has 0 aliphatic carbocycles. The fourth-order valence-electron chi connectivity index (χ4n) is 2.78. The molecule has 2 N–H and O–H groups in total. The van der Waals surface area contributed by atoms with Gasteiger partial charge in [0.05, 0.1) is 0 Å². The minimum absolute atomic E-state index is 0.0566. The maximum atomic E-state index is 13.4. The van der Waals surface area contributed by atoms with Crippen molar-refractivity contribution >= 4 is 5.91 Å². The Morgan fingerprint density at radius 2 is 2.16 bits per heavy atom. The lowest BCUT2D eigenvalue weighted by molar-refractivity contribution is 0.0583. The van der Waals surface area contributed by atoms with Crippen LogP contribution in [-0.2, 0) is 0 Å². The van der Waals surface area contributed by atoms with Crippen molar-refractivity contribution in [1.29, 1.82) is 0 Å². The minimum Gasteiger partial charge on any atom is -0.334 e. The number of nitrogens with two attached hydrogens (primary N) is 1. The van der Waals surface area contributed by atoms with Crippen molar-refractivity contribution in [2.45, 2.75) is 45.2 Å². The van der Waals surface area contributed by atoms with Gasteiger partial charge in [0, 0.05) is 24.2 Å². The zero-order valence-corrected chi connectivity index (χ0v) is 11.5. The molecule has 3 nitrogen and oxygen atoms in total. The van der Waals surface area contributed by atoms with Gasteiger partial charge in [0.2, 0.25) is 0 Å². The van der Waals surface area contributed by atoms with Crippen molar-refractivity contribution in [2.75, 3.05) is 6.54 Å². The Morgan fingerprint density at radius 3 is 2.79 bits per heavy atom. The van der Waals surface area contributed by atoms with E-state index in [2.05, 4.69) is 0 Å². The van der Waals surface area contributed by atoms with Crippen LogP contribution in [0.1, 0.15) is 42.1 Å². The fourth-order valence-corrected chi connectivity index (χ4v) is 2.78. The van der Waals surface area contributed by atoms with Crippen LogP contribution >= 0.6 is 0 Å². The molecule has 2 rings (SSSR count). The molecule has 2 unspecified atom stereocenters. The normalized spacial score (nSPS) is 21.3. The number of nitrogens with zero attached hydrogens (tertiary/aromatic N) is 1. The van der Waals surface area contributed by atoms with Crippen LogP contribution in [0.15, 0.2) is 18.2 Å². The second-order valence-corrected chi connectivity index (χ2v) is 5.44. The van der Waals surface area contributed by atoms with E-state index in [0.717, 1.165) is 24.8 Å². The van der Waals surface area contributed by atoms with E-state index in [9.17, 15) is 9.18 Å². The summed E-state index contributed by atoms with van der Waals surface area (Å²) in [6, 6.07) is 4.47. The molecule has 1 heterocycles. The summed E-state index contributed by atoms with van der Waals surface area (Å²) in [5.74, 6) is -0.470. The summed E-state index contributed by atoms with van der Waals surface area (Å²) in [5, 5.41) is 0. The molecular weight excluding hydrogens is 243 g/mol. The van der Waals surface area contributed by atoms with E-state index in [1.807, 2.05) is 11.8 Å². The van der Waals surface area contributed by atoms with Crippen LogP contribution in [0.3, 0.4) is 0 Å². The lowest BCUT2D eigenvalue weighted by Gasteiger charge is -2.38. The molecule has 0 spiro atoms. The van der Waals surface area contributed by atoms with Gasteiger partial charge in [0.25, 0.3) is 5.91 Å². The molecule has 1 saturated heterocycles. The molecule has 1 amide bonds. The van der Waals surface area contributed by atoms with Crippen molar-refractivity contribution in [1.82, 2.24) is 4.90 Å². The number of amides is 1. The van der Waals surface area contributed by atoms with Crippen LogP contribution in [0, 0.1) is 12.7 Å². The van der Waals surface area contributed by atoms with E-state index in [0.29, 0.717) is 12.1 Å². The second-order valence-electron chi connectivity index (χ2n) is 5.44. The summed E-state index contributed by atoms with van der Waals surface area (Å²) in [7, 11) is 0. The predicted molar refractivity (Wildman–Crippen MR) is 73.5 cm³/mol. The van der Waals surface area contributed by atoms with Crippen LogP contribution in [0.5, 0.6) is 0 Å². The van der Waals surface area contributed by atoms with Crippen LogP contribution in [0.25, 0.3) is 0 Å². The van der Waals surface area contributed by atoms with E-state index in [1.54, 1.807) is 13.0 Å². The first-order chi connectivity index (χ1) is 8.99. The first kappa shape index (κ1) is 14.0. The van der Waals surface area contributed by atoms with Crippen LogP contribution in [0.2, 0.25) is 0 Å². The summed E-state index contributed by atoms with van der Waals surface area (Å²) < 4.78 is 13.4. The van der Waals surface area contributed by atoms with Crippen molar-refractivity contribution in [2.24, 2.45) is 5.73 Å². The Labute approximate surface area is 113 Å². The molecule has 0 bridgehead atoms. The molecule has 1 aliphatic rings. The zero-order chi connectivity index (χ0) is 14.0. The van der Waals surface area contributed by atoms with Crippen molar-refractivity contribution in [3.8, 4) is 0 Å². The Morgan fingerprint density at radius 1 is 1.42 bits per heavy atom. The molecule has 0 saturated carbocycles. The maximum Gasteiger partial charge on any atom is 0.254 e. The van der Waals surface area contributed by atoms with Gasteiger partial charge < -0.3 is 10.6 Å².